The summed E-state index contributed by atoms with van der Waals surface area (Å²) in [6, 6.07) is 72.2. The molecule has 1 aromatic heterocycles. The number of benzene rings is 10. The summed E-state index contributed by atoms with van der Waals surface area (Å²) in [5.74, 6) is 0. The predicted molar refractivity (Wildman–Crippen MR) is 233 cm³/mol. The van der Waals surface area contributed by atoms with E-state index >= 15 is 0 Å². The van der Waals surface area contributed by atoms with E-state index in [1.807, 2.05) is 0 Å². The van der Waals surface area contributed by atoms with Crippen molar-refractivity contribution in [3.63, 3.8) is 0 Å². The lowest BCUT2D eigenvalue weighted by atomic mass is 9.69. The molecule has 0 unspecified atom stereocenters. The molecule has 0 bridgehead atoms. The largest absolute Gasteiger partial charge is 0.456 e. The minimum Gasteiger partial charge on any atom is -0.456 e. The second kappa shape index (κ2) is 10.9. The molecule has 1 nitrogen and oxygen atoms in total. The van der Waals surface area contributed by atoms with Crippen LogP contribution in [0.25, 0.3) is 98.8 Å². The summed E-state index contributed by atoms with van der Waals surface area (Å²) in [7, 11) is 0. The predicted octanol–water partition coefficient (Wildman–Crippen LogP) is 14.7. The maximum Gasteiger partial charge on any atom is 0.136 e. The number of fused-ring (bicyclic) bond motifs is 17. The fourth-order valence-corrected chi connectivity index (χ4v) is 10.4. The summed E-state index contributed by atoms with van der Waals surface area (Å²) < 4.78 is 6.32. The molecule has 10 aromatic carbocycles. The quantitative estimate of drug-likeness (QED) is 0.174. The molecule has 0 atom stereocenters. The Bertz CT molecular complexity index is 3440. The van der Waals surface area contributed by atoms with Gasteiger partial charge in [-0.2, -0.15) is 0 Å². The summed E-state index contributed by atoms with van der Waals surface area (Å²) in [6.45, 7) is 0. The smallest absolute Gasteiger partial charge is 0.136 e. The van der Waals surface area contributed by atoms with Crippen LogP contribution in [0.15, 0.2) is 199 Å². The van der Waals surface area contributed by atoms with E-state index in [2.05, 4.69) is 194 Å². The van der Waals surface area contributed by atoms with Gasteiger partial charge in [0.25, 0.3) is 0 Å². The maximum atomic E-state index is 6.32. The Morgan fingerprint density at radius 3 is 1.57 bits per heavy atom. The second-order valence-electron chi connectivity index (χ2n) is 15.6. The van der Waals surface area contributed by atoms with Crippen LogP contribution in [0.4, 0.5) is 0 Å². The van der Waals surface area contributed by atoms with Crippen molar-refractivity contribution in [3.8, 4) is 44.5 Å². The zero-order valence-corrected chi connectivity index (χ0v) is 30.4. The molecule has 1 heteroatoms. The van der Waals surface area contributed by atoms with E-state index in [0.717, 1.165) is 21.9 Å². The van der Waals surface area contributed by atoms with Gasteiger partial charge in [-0.25, -0.2) is 0 Å². The van der Waals surface area contributed by atoms with E-state index in [9.17, 15) is 0 Å². The molecule has 0 saturated heterocycles. The number of rotatable bonds is 2. The van der Waals surface area contributed by atoms with Crippen molar-refractivity contribution in [1.82, 2.24) is 0 Å². The Balaban J connectivity index is 1.00. The molecule has 0 fully saturated rings. The zero-order chi connectivity index (χ0) is 36.5. The molecule has 1 heterocycles. The summed E-state index contributed by atoms with van der Waals surface area (Å²) >= 11 is 0. The second-order valence-corrected chi connectivity index (χ2v) is 15.6. The molecule has 2 aliphatic carbocycles. The van der Waals surface area contributed by atoms with Gasteiger partial charge in [-0.1, -0.05) is 152 Å². The topological polar surface area (TPSA) is 13.1 Å². The average molecular weight is 709 g/mol. The van der Waals surface area contributed by atoms with Crippen LogP contribution in [0.5, 0.6) is 0 Å². The van der Waals surface area contributed by atoms with Gasteiger partial charge in [0.1, 0.15) is 11.2 Å². The van der Waals surface area contributed by atoms with Crippen molar-refractivity contribution in [2.24, 2.45) is 0 Å². The minimum atomic E-state index is -0.408. The van der Waals surface area contributed by atoms with Crippen molar-refractivity contribution >= 4 is 54.3 Å². The summed E-state index contributed by atoms with van der Waals surface area (Å²) in [6.07, 6.45) is 0. The Kier molecular flexibility index (Phi) is 5.89. The first-order chi connectivity index (χ1) is 27.7. The van der Waals surface area contributed by atoms with Gasteiger partial charge in [0.15, 0.2) is 0 Å². The molecule has 258 valence electrons. The number of hydrogen-bond donors (Lipinski definition) is 0. The molecule has 1 spiro atoms. The number of furan rings is 1. The molecule has 0 saturated carbocycles. The molecule has 56 heavy (non-hydrogen) atoms. The van der Waals surface area contributed by atoms with Crippen LogP contribution in [-0.2, 0) is 5.41 Å². The van der Waals surface area contributed by atoms with E-state index in [0.29, 0.717) is 0 Å². The molecule has 0 amide bonds. The maximum absolute atomic E-state index is 6.32. The van der Waals surface area contributed by atoms with E-state index in [-0.39, 0.29) is 0 Å². The lowest BCUT2D eigenvalue weighted by Gasteiger charge is -2.31. The third kappa shape index (κ3) is 3.89. The fraction of sp³-hybridized carbons (Fsp3) is 0.0182. The van der Waals surface area contributed by atoms with Crippen LogP contribution in [0.1, 0.15) is 22.3 Å². The first-order valence-electron chi connectivity index (χ1n) is 19.5. The third-order valence-corrected chi connectivity index (χ3v) is 12.8. The van der Waals surface area contributed by atoms with E-state index in [1.54, 1.807) is 0 Å². The van der Waals surface area contributed by atoms with Crippen LogP contribution in [-0.4, -0.2) is 0 Å². The Morgan fingerprint density at radius 1 is 0.304 bits per heavy atom. The summed E-state index contributed by atoms with van der Waals surface area (Å²) in [5.41, 5.74) is 17.2. The van der Waals surface area contributed by atoms with Gasteiger partial charge >= 0.3 is 0 Å². The monoisotopic (exact) mass is 708 g/mol. The molecule has 11 aromatic rings. The molecule has 2 aliphatic rings. The fourth-order valence-electron chi connectivity index (χ4n) is 10.4. The molecule has 0 radical (unpaired) electrons. The van der Waals surface area contributed by atoms with Crippen molar-refractivity contribution in [2.75, 3.05) is 0 Å². The molecule has 0 aliphatic heterocycles. The zero-order valence-electron chi connectivity index (χ0n) is 30.4. The van der Waals surface area contributed by atoms with Gasteiger partial charge in [-0.3, -0.25) is 0 Å². The van der Waals surface area contributed by atoms with Gasteiger partial charge in [0, 0.05) is 10.8 Å². The van der Waals surface area contributed by atoms with Gasteiger partial charge < -0.3 is 4.42 Å². The van der Waals surface area contributed by atoms with E-state index in [4.69, 9.17) is 4.42 Å². The highest BCUT2D eigenvalue weighted by Gasteiger charge is 2.52. The first-order valence-corrected chi connectivity index (χ1v) is 19.5. The highest BCUT2D eigenvalue weighted by molar-refractivity contribution is 6.12. The SMILES string of the molecule is c1ccc2c(c1)-c1ccccc1C21c2ccccc2-c2c(-c3ccc4cc(-c5ccc6oc7cc8ccccc8cc7c6c5)ccc4c3)cc3ccccc3c21. The highest BCUT2D eigenvalue weighted by Crippen LogP contribution is 2.65. The van der Waals surface area contributed by atoms with Crippen LogP contribution < -0.4 is 0 Å². The van der Waals surface area contributed by atoms with Crippen molar-refractivity contribution < 1.29 is 4.42 Å². The Labute approximate surface area is 323 Å². The lowest BCUT2D eigenvalue weighted by molar-refractivity contribution is 0.669. The molecule has 0 N–H and O–H groups in total. The van der Waals surface area contributed by atoms with Crippen LogP contribution in [0, 0.1) is 0 Å². The highest BCUT2D eigenvalue weighted by atomic mass is 16.3. The van der Waals surface area contributed by atoms with Gasteiger partial charge in [0.05, 0.1) is 5.41 Å². The van der Waals surface area contributed by atoms with Gasteiger partial charge in [0.2, 0.25) is 0 Å². The first kappa shape index (κ1) is 30.1. The lowest BCUT2D eigenvalue weighted by Crippen LogP contribution is -2.26. The third-order valence-electron chi connectivity index (χ3n) is 12.8. The Hall–Kier alpha value is -7.22. The average Bonchev–Trinajstić information content (AvgIpc) is 3.88. The summed E-state index contributed by atoms with van der Waals surface area (Å²) in [4.78, 5) is 0. The van der Waals surface area contributed by atoms with E-state index in [1.165, 1.54) is 99.1 Å². The van der Waals surface area contributed by atoms with Crippen molar-refractivity contribution in [3.05, 3.63) is 216 Å². The number of hydrogen-bond acceptors (Lipinski definition) is 1. The normalized spacial score (nSPS) is 13.5. The molecular formula is C55H32O. The molecule has 13 rings (SSSR count). The van der Waals surface area contributed by atoms with Crippen molar-refractivity contribution in [2.45, 2.75) is 5.41 Å². The van der Waals surface area contributed by atoms with Crippen LogP contribution in [0.3, 0.4) is 0 Å². The minimum absolute atomic E-state index is 0.408. The van der Waals surface area contributed by atoms with E-state index < -0.39 is 5.41 Å². The van der Waals surface area contributed by atoms with Crippen molar-refractivity contribution in [1.29, 1.82) is 0 Å². The van der Waals surface area contributed by atoms with Gasteiger partial charge in [-0.05, 0) is 142 Å². The van der Waals surface area contributed by atoms with Gasteiger partial charge in [-0.15, -0.1) is 0 Å². The standard InChI is InChI=1S/C55H32O/c1-2-12-34-32-52-47(29-33(34)11-1)46-30-38(25-26-51(46)56-52)36-21-22-37-28-40(24-23-35(37)27-36)45-31-39-13-3-4-14-41(39)54-53(45)44-17-7-10-20-50(44)55(54)48-18-8-5-15-42(48)43-16-6-9-19-49(43)55/h1-32H. The Morgan fingerprint density at radius 2 is 0.821 bits per heavy atom. The summed E-state index contributed by atoms with van der Waals surface area (Å²) in [5, 5.41) is 9.75. The van der Waals surface area contributed by atoms with Crippen LogP contribution >= 0.6 is 0 Å². The molecular weight excluding hydrogens is 677 g/mol. The van der Waals surface area contributed by atoms with Crippen LogP contribution in [0.2, 0.25) is 0 Å².